The number of nitrogens with one attached hydrogen (secondary N) is 2. The number of carbonyl (C=O) groups is 1. The zero-order valence-corrected chi connectivity index (χ0v) is 19.1. The molecule has 1 aliphatic heterocycles. The zero-order valence-electron chi connectivity index (χ0n) is 19.1. The number of rotatable bonds is 7. The highest BCUT2D eigenvalue weighted by Crippen LogP contribution is 2.31. The van der Waals surface area contributed by atoms with Gasteiger partial charge in [-0.1, -0.05) is 18.7 Å². The van der Waals surface area contributed by atoms with Crippen molar-refractivity contribution in [2.75, 3.05) is 30.8 Å². The maximum atomic E-state index is 13.7. The first-order valence-corrected chi connectivity index (χ1v) is 11.1. The molecule has 178 valence electrons. The standard InChI is InChI=1S/C25H24FN7O2/c1-3-24(34)30-20-12-18(7-8-22(20)35-19-9-10-32(2)15-19)29-25-28-14-23-27-13-21(33(23)31-25)16-5-4-6-17(26)11-16/h3-8,11-14,19H,1,9-10,15H2,2H3,(H,29,31)(H,30,34). The van der Waals surface area contributed by atoms with Gasteiger partial charge in [0.15, 0.2) is 5.65 Å². The van der Waals surface area contributed by atoms with E-state index >= 15 is 0 Å². The molecule has 1 amide bonds. The number of benzene rings is 2. The number of ether oxygens (including phenoxy) is 1. The topological polar surface area (TPSA) is 96.7 Å². The van der Waals surface area contributed by atoms with Crippen LogP contribution in [0.25, 0.3) is 16.9 Å². The van der Waals surface area contributed by atoms with Gasteiger partial charge in [-0.3, -0.25) is 4.79 Å². The van der Waals surface area contributed by atoms with Crippen LogP contribution in [0.1, 0.15) is 6.42 Å². The molecular formula is C25H24FN7O2. The van der Waals surface area contributed by atoms with Crippen LogP contribution in [-0.4, -0.2) is 56.6 Å². The van der Waals surface area contributed by atoms with Gasteiger partial charge >= 0.3 is 0 Å². The van der Waals surface area contributed by atoms with Crippen molar-refractivity contribution in [2.45, 2.75) is 12.5 Å². The molecule has 3 heterocycles. The maximum Gasteiger partial charge on any atom is 0.247 e. The lowest BCUT2D eigenvalue weighted by Crippen LogP contribution is -2.22. The SMILES string of the molecule is C=CC(=O)Nc1cc(Nc2ncc3ncc(-c4cccc(F)c4)n3n2)ccc1OC1CCN(C)C1. The van der Waals surface area contributed by atoms with Crippen LogP contribution in [0.3, 0.4) is 0 Å². The van der Waals surface area contributed by atoms with Crippen LogP contribution in [0.5, 0.6) is 5.75 Å². The van der Waals surface area contributed by atoms with Gasteiger partial charge in [0.2, 0.25) is 11.9 Å². The summed E-state index contributed by atoms with van der Waals surface area (Å²) in [5.74, 6) is 0.197. The Labute approximate surface area is 201 Å². The lowest BCUT2D eigenvalue weighted by atomic mass is 10.2. The lowest BCUT2D eigenvalue weighted by molar-refractivity contribution is -0.111. The number of carbonyl (C=O) groups excluding carboxylic acids is 1. The van der Waals surface area contributed by atoms with Crippen molar-refractivity contribution in [1.82, 2.24) is 24.5 Å². The fourth-order valence-corrected chi connectivity index (χ4v) is 3.99. The average molecular weight is 474 g/mol. The number of imidazole rings is 1. The van der Waals surface area contributed by atoms with E-state index in [1.165, 1.54) is 18.2 Å². The van der Waals surface area contributed by atoms with Crippen LogP contribution in [-0.2, 0) is 4.79 Å². The van der Waals surface area contributed by atoms with Gasteiger partial charge in [0.05, 0.1) is 23.8 Å². The number of halogens is 1. The Hall–Kier alpha value is -4.31. The van der Waals surface area contributed by atoms with Crippen LogP contribution >= 0.6 is 0 Å². The summed E-state index contributed by atoms with van der Waals surface area (Å²) >= 11 is 0. The molecule has 1 atom stereocenters. The van der Waals surface area contributed by atoms with Gasteiger partial charge < -0.3 is 20.3 Å². The first-order chi connectivity index (χ1) is 17.0. The molecule has 9 nitrogen and oxygen atoms in total. The lowest BCUT2D eigenvalue weighted by Gasteiger charge is -2.18. The summed E-state index contributed by atoms with van der Waals surface area (Å²) in [5.41, 5.74) is 2.97. The van der Waals surface area contributed by atoms with Crippen molar-refractivity contribution in [3.8, 4) is 17.0 Å². The van der Waals surface area contributed by atoms with Gasteiger partial charge in [0.25, 0.3) is 0 Å². The van der Waals surface area contributed by atoms with E-state index in [9.17, 15) is 9.18 Å². The summed E-state index contributed by atoms with van der Waals surface area (Å²) in [6.45, 7) is 5.31. The second kappa shape index (κ2) is 9.51. The fraction of sp³-hybridized carbons (Fsp3) is 0.200. The highest BCUT2D eigenvalue weighted by atomic mass is 19.1. The Morgan fingerprint density at radius 1 is 1.23 bits per heavy atom. The van der Waals surface area contributed by atoms with E-state index in [0.29, 0.717) is 40.0 Å². The third-order valence-electron chi connectivity index (χ3n) is 5.70. The smallest absolute Gasteiger partial charge is 0.247 e. The predicted octanol–water partition coefficient (Wildman–Crippen LogP) is 3.88. The molecule has 0 radical (unpaired) electrons. The van der Waals surface area contributed by atoms with Crippen molar-refractivity contribution < 1.29 is 13.9 Å². The molecule has 1 saturated heterocycles. The molecule has 2 aromatic heterocycles. The van der Waals surface area contributed by atoms with E-state index in [1.54, 1.807) is 41.2 Å². The van der Waals surface area contributed by atoms with Gasteiger partial charge in [-0.15, -0.1) is 5.10 Å². The molecule has 0 spiro atoms. The van der Waals surface area contributed by atoms with Crippen LogP contribution in [0.15, 0.2) is 67.5 Å². The summed E-state index contributed by atoms with van der Waals surface area (Å²) in [5, 5.41) is 10.5. The third-order valence-corrected chi connectivity index (χ3v) is 5.70. The molecular weight excluding hydrogens is 449 g/mol. The maximum absolute atomic E-state index is 13.7. The van der Waals surface area contributed by atoms with Gasteiger partial charge in [-0.2, -0.15) is 0 Å². The molecule has 2 N–H and O–H groups in total. The van der Waals surface area contributed by atoms with E-state index in [-0.39, 0.29) is 17.8 Å². The number of anilines is 3. The molecule has 0 bridgehead atoms. The molecule has 5 rings (SSSR count). The number of likely N-dealkylation sites (tertiary alicyclic amines) is 1. The van der Waals surface area contributed by atoms with Crippen LogP contribution in [0.2, 0.25) is 0 Å². The van der Waals surface area contributed by atoms with Gasteiger partial charge in [0.1, 0.15) is 17.7 Å². The number of aromatic nitrogens is 4. The predicted molar refractivity (Wildman–Crippen MR) is 131 cm³/mol. The minimum Gasteiger partial charge on any atom is -0.487 e. The third kappa shape index (κ3) is 4.97. The minimum atomic E-state index is -0.342. The fourth-order valence-electron chi connectivity index (χ4n) is 3.99. The van der Waals surface area contributed by atoms with Crippen LogP contribution < -0.4 is 15.4 Å². The molecule has 1 fully saturated rings. The highest BCUT2D eigenvalue weighted by molar-refractivity contribution is 6.00. The summed E-state index contributed by atoms with van der Waals surface area (Å²) < 4.78 is 21.5. The second-order valence-corrected chi connectivity index (χ2v) is 8.33. The van der Waals surface area contributed by atoms with Gasteiger partial charge in [-0.05, 0) is 49.9 Å². The monoisotopic (exact) mass is 473 g/mol. The van der Waals surface area contributed by atoms with E-state index in [4.69, 9.17) is 4.74 Å². The normalized spacial score (nSPS) is 15.8. The van der Waals surface area contributed by atoms with Gasteiger partial charge in [0, 0.05) is 24.3 Å². The number of fused-ring (bicyclic) bond motifs is 1. The molecule has 1 unspecified atom stereocenters. The number of amides is 1. The second-order valence-electron chi connectivity index (χ2n) is 8.33. The van der Waals surface area contributed by atoms with Gasteiger partial charge in [-0.25, -0.2) is 18.9 Å². The minimum absolute atomic E-state index is 0.0476. The Morgan fingerprint density at radius 3 is 2.89 bits per heavy atom. The van der Waals surface area contributed by atoms with Crippen molar-refractivity contribution >= 4 is 28.9 Å². The average Bonchev–Trinajstić information content (AvgIpc) is 3.46. The highest BCUT2D eigenvalue weighted by Gasteiger charge is 2.22. The van der Waals surface area contributed by atoms with Crippen molar-refractivity contribution in [2.24, 2.45) is 0 Å². The van der Waals surface area contributed by atoms with Crippen molar-refractivity contribution in [3.63, 3.8) is 0 Å². The summed E-state index contributed by atoms with van der Waals surface area (Å²) in [6.07, 6.45) is 5.37. The number of hydrogen-bond donors (Lipinski definition) is 2. The summed E-state index contributed by atoms with van der Waals surface area (Å²) in [7, 11) is 2.05. The largest absolute Gasteiger partial charge is 0.487 e. The van der Waals surface area contributed by atoms with E-state index in [1.807, 2.05) is 13.1 Å². The number of nitrogens with zero attached hydrogens (tertiary/aromatic N) is 5. The molecule has 1 aliphatic rings. The van der Waals surface area contributed by atoms with E-state index in [2.05, 4.69) is 37.2 Å². The molecule has 0 aliphatic carbocycles. The van der Waals surface area contributed by atoms with Crippen molar-refractivity contribution in [1.29, 1.82) is 0 Å². The van der Waals surface area contributed by atoms with Crippen LogP contribution in [0.4, 0.5) is 21.7 Å². The number of likely N-dealkylation sites (N-methyl/N-ethyl adjacent to an activating group) is 1. The Bertz CT molecular complexity index is 1400. The Balaban J connectivity index is 1.43. The quantitative estimate of drug-likeness (QED) is 0.393. The molecule has 0 saturated carbocycles. The summed E-state index contributed by atoms with van der Waals surface area (Å²) in [4.78, 5) is 22.9. The Morgan fingerprint density at radius 2 is 2.11 bits per heavy atom. The summed E-state index contributed by atoms with van der Waals surface area (Å²) in [6, 6.07) is 11.6. The molecule has 2 aromatic carbocycles. The number of hydrogen-bond acceptors (Lipinski definition) is 7. The van der Waals surface area contributed by atoms with Crippen LogP contribution in [0, 0.1) is 5.82 Å². The molecule has 35 heavy (non-hydrogen) atoms. The van der Waals surface area contributed by atoms with E-state index < -0.39 is 0 Å². The molecule has 10 heteroatoms. The molecule has 4 aromatic rings. The van der Waals surface area contributed by atoms with Crippen molar-refractivity contribution in [3.05, 3.63) is 73.3 Å². The Kier molecular flexibility index (Phi) is 6.11. The first-order valence-electron chi connectivity index (χ1n) is 11.1. The van der Waals surface area contributed by atoms with E-state index in [0.717, 1.165) is 19.5 Å². The zero-order chi connectivity index (χ0) is 24.4. The first kappa shape index (κ1) is 22.5.